The zero-order chi connectivity index (χ0) is 19.6. The molecule has 2 aromatic rings. The van der Waals surface area contributed by atoms with Gasteiger partial charge in [0.1, 0.15) is 6.04 Å². The van der Waals surface area contributed by atoms with Gasteiger partial charge in [0.25, 0.3) is 0 Å². The fourth-order valence-corrected chi connectivity index (χ4v) is 4.12. The topological polar surface area (TPSA) is 78.5 Å². The van der Waals surface area contributed by atoms with Crippen LogP contribution in [0.1, 0.15) is 24.5 Å². The van der Waals surface area contributed by atoms with E-state index in [2.05, 4.69) is 22.8 Å². The van der Waals surface area contributed by atoms with Crippen molar-refractivity contribution in [2.24, 2.45) is 0 Å². The van der Waals surface area contributed by atoms with E-state index >= 15 is 0 Å². The Balaban J connectivity index is 1.68. The second-order valence-corrected chi connectivity index (χ2v) is 9.16. The van der Waals surface area contributed by atoms with Gasteiger partial charge in [-0.05, 0) is 67.6 Å². The Labute approximate surface area is 160 Å². The molecule has 0 radical (unpaired) electrons. The molecule has 1 amide bonds. The number of hydrogen-bond donors (Lipinski definition) is 2. The highest BCUT2D eigenvalue weighted by atomic mass is 32.2. The normalized spacial score (nSPS) is 14.7. The van der Waals surface area contributed by atoms with E-state index in [-0.39, 0.29) is 10.8 Å². The van der Waals surface area contributed by atoms with Gasteiger partial charge in [0.2, 0.25) is 15.9 Å². The smallest absolute Gasteiger partial charge is 0.246 e. The number of benzene rings is 2. The third-order valence-corrected chi connectivity index (χ3v) is 6.57. The molecule has 1 aliphatic rings. The van der Waals surface area contributed by atoms with Crippen LogP contribution in [0.25, 0.3) is 0 Å². The average Bonchev–Trinajstić information content (AvgIpc) is 3.09. The van der Waals surface area contributed by atoms with Gasteiger partial charge in [0, 0.05) is 25.5 Å². The van der Waals surface area contributed by atoms with Crippen molar-refractivity contribution in [2.45, 2.75) is 37.1 Å². The van der Waals surface area contributed by atoms with Crippen molar-refractivity contribution in [1.82, 2.24) is 4.31 Å². The number of rotatable bonds is 6. The number of hydrogen-bond acceptors (Lipinski definition) is 4. The van der Waals surface area contributed by atoms with Gasteiger partial charge < -0.3 is 10.6 Å². The summed E-state index contributed by atoms with van der Waals surface area (Å²) >= 11 is 0. The minimum Gasteiger partial charge on any atom is -0.374 e. The zero-order valence-corrected chi connectivity index (χ0v) is 16.6. The van der Waals surface area contributed by atoms with Crippen LogP contribution in [0.15, 0.2) is 47.4 Å². The van der Waals surface area contributed by atoms with E-state index in [1.165, 1.54) is 43.8 Å². The largest absolute Gasteiger partial charge is 0.374 e. The van der Waals surface area contributed by atoms with Crippen LogP contribution in [-0.2, 0) is 27.7 Å². The van der Waals surface area contributed by atoms with Gasteiger partial charge in [-0.15, -0.1) is 0 Å². The molecule has 27 heavy (non-hydrogen) atoms. The second kappa shape index (κ2) is 7.70. The maximum absolute atomic E-state index is 12.5. The van der Waals surface area contributed by atoms with Gasteiger partial charge in [-0.2, -0.15) is 0 Å². The lowest BCUT2D eigenvalue weighted by molar-refractivity contribution is -0.116. The average molecular weight is 388 g/mol. The van der Waals surface area contributed by atoms with Gasteiger partial charge in [-0.25, -0.2) is 12.7 Å². The van der Waals surface area contributed by atoms with Crippen molar-refractivity contribution in [3.63, 3.8) is 0 Å². The van der Waals surface area contributed by atoms with Crippen LogP contribution in [0.3, 0.4) is 0 Å². The van der Waals surface area contributed by atoms with Gasteiger partial charge in [0.05, 0.1) is 4.90 Å². The number of nitrogens with one attached hydrogen (secondary N) is 2. The summed E-state index contributed by atoms with van der Waals surface area (Å²) in [5.41, 5.74) is 4.10. The van der Waals surface area contributed by atoms with Crippen LogP contribution in [0.2, 0.25) is 0 Å². The molecule has 1 unspecified atom stereocenters. The number of carbonyl (C=O) groups excluding carboxylic acids is 1. The number of nitrogens with zero attached hydrogens (tertiary/aromatic N) is 1. The first kappa shape index (κ1) is 19.4. The van der Waals surface area contributed by atoms with Crippen molar-refractivity contribution in [3.8, 4) is 0 Å². The van der Waals surface area contributed by atoms with Crippen molar-refractivity contribution in [1.29, 1.82) is 0 Å². The minimum atomic E-state index is -3.54. The summed E-state index contributed by atoms with van der Waals surface area (Å²) < 4.78 is 25.6. The summed E-state index contributed by atoms with van der Waals surface area (Å²) in [4.78, 5) is 12.7. The molecule has 1 aliphatic carbocycles. The highest BCUT2D eigenvalue weighted by Gasteiger charge is 2.19. The molecule has 0 saturated heterocycles. The molecular weight excluding hydrogens is 362 g/mol. The predicted molar refractivity (Wildman–Crippen MR) is 107 cm³/mol. The van der Waals surface area contributed by atoms with E-state index in [0.29, 0.717) is 5.69 Å². The minimum absolute atomic E-state index is 0.143. The number of sulfonamides is 1. The first-order valence-corrected chi connectivity index (χ1v) is 10.4. The fourth-order valence-electron chi connectivity index (χ4n) is 3.17. The van der Waals surface area contributed by atoms with E-state index in [9.17, 15) is 13.2 Å². The van der Waals surface area contributed by atoms with Gasteiger partial charge >= 0.3 is 0 Å². The zero-order valence-electron chi connectivity index (χ0n) is 15.8. The molecule has 0 bridgehead atoms. The Kier molecular flexibility index (Phi) is 5.53. The maximum atomic E-state index is 12.5. The number of fused-ring (bicyclic) bond motifs is 1. The monoisotopic (exact) mass is 387 g/mol. The predicted octanol–water partition coefficient (Wildman–Crippen LogP) is 2.86. The molecule has 0 spiro atoms. The number of anilines is 2. The van der Waals surface area contributed by atoms with Crippen LogP contribution in [0.4, 0.5) is 11.4 Å². The van der Waals surface area contributed by atoms with Crippen molar-refractivity contribution >= 4 is 27.3 Å². The van der Waals surface area contributed by atoms with Crippen LogP contribution in [0.5, 0.6) is 0 Å². The molecule has 0 saturated carbocycles. The van der Waals surface area contributed by atoms with Crippen LogP contribution in [-0.4, -0.2) is 38.8 Å². The van der Waals surface area contributed by atoms with Crippen molar-refractivity contribution in [2.75, 3.05) is 24.7 Å². The lowest BCUT2D eigenvalue weighted by Gasteiger charge is -2.17. The number of amides is 1. The highest BCUT2D eigenvalue weighted by molar-refractivity contribution is 7.89. The molecule has 3 rings (SSSR count). The second-order valence-electron chi connectivity index (χ2n) is 7.01. The Bertz CT molecular complexity index is 955. The summed E-state index contributed by atoms with van der Waals surface area (Å²) in [6.45, 7) is 1.78. The Morgan fingerprint density at radius 1 is 1.04 bits per heavy atom. The van der Waals surface area contributed by atoms with Gasteiger partial charge in [-0.3, -0.25) is 4.79 Å². The number of carbonyl (C=O) groups is 1. The Morgan fingerprint density at radius 3 is 2.52 bits per heavy atom. The quantitative estimate of drug-likeness (QED) is 0.799. The SMILES string of the molecule is CC(Nc1ccc2c(c1)CCC2)C(=O)Nc1cccc(S(=O)(=O)N(C)C)c1. The third-order valence-electron chi connectivity index (χ3n) is 4.76. The molecule has 0 heterocycles. The Hall–Kier alpha value is -2.38. The van der Waals surface area contributed by atoms with Crippen LogP contribution >= 0.6 is 0 Å². The first-order valence-electron chi connectivity index (χ1n) is 8.99. The standard InChI is InChI=1S/C20H25N3O3S/c1-14(21-18-11-10-15-6-4-7-16(15)12-18)20(24)22-17-8-5-9-19(13-17)27(25,26)23(2)3/h5,8-14,21H,4,6-7H2,1-3H3,(H,22,24). The van der Waals surface area contributed by atoms with E-state index in [1.54, 1.807) is 19.1 Å². The van der Waals surface area contributed by atoms with Crippen molar-refractivity contribution in [3.05, 3.63) is 53.6 Å². The van der Waals surface area contributed by atoms with E-state index in [1.807, 2.05) is 6.07 Å². The molecule has 1 atom stereocenters. The van der Waals surface area contributed by atoms with Gasteiger partial charge in [-0.1, -0.05) is 12.1 Å². The molecule has 144 valence electrons. The van der Waals surface area contributed by atoms with Gasteiger partial charge in [0.15, 0.2) is 0 Å². The summed E-state index contributed by atoms with van der Waals surface area (Å²) in [5, 5.41) is 6.00. The fraction of sp³-hybridized carbons (Fsp3) is 0.350. The molecule has 6 nitrogen and oxygen atoms in total. The van der Waals surface area contributed by atoms with E-state index in [0.717, 1.165) is 22.8 Å². The summed E-state index contributed by atoms with van der Waals surface area (Å²) in [6.07, 6.45) is 3.39. The lowest BCUT2D eigenvalue weighted by Crippen LogP contribution is -2.32. The molecule has 7 heteroatoms. The molecule has 0 aliphatic heterocycles. The molecule has 0 aromatic heterocycles. The molecule has 2 aromatic carbocycles. The third kappa shape index (κ3) is 4.31. The van der Waals surface area contributed by atoms with Crippen molar-refractivity contribution < 1.29 is 13.2 Å². The highest BCUT2D eigenvalue weighted by Crippen LogP contribution is 2.25. The van der Waals surface area contributed by atoms with Crippen LogP contribution in [0, 0.1) is 0 Å². The first-order chi connectivity index (χ1) is 12.8. The Morgan fingerprint density at radius 2 is 1.78 bits per heavy atom. The molecular formula is C20H25N3O3S. The summed E-state index contributed by atoms with van der Waals surface area (Å²) in [5.74, 6) is -0.227. The van der Waals surface area contributed by atoms with E-state index < -0.39 is 16.1 Å². The van der Waals surface area contributed by atoms with E-state index in [4.69, 9.17) is 0 Å². The summed E-state index contributed by atoms with van der Waals surface area (Å²) in [7, 11) is -0.593. The van der Waals surface area contributed by atoms with Crippen LogP contribution < -0.4 is 10.6 Å². The summed E-state index contributed by atoms with van der Waals surface area (Å²) in [6, 6.07) is 12.0. The lowest BCUT2D eigenvalue weighted by atomic mass is 10.1. The molecule has 2 N–H and O–H groups in total. The maximum Gasteiger partial charge on any atom is 0.246 e. The number of aryl methyl sites for hydroxylation is 2. The molecule has 0 fully saturated rings.